The van der Waals surface area contributed by atoms with Gasteiger partial charge in [-0.3, -0.25) is 4.79 Å². The van der Waals surface area contributed by atoms with Gasteiger partial charge in [-0.1, -0.05) is 39.2 Å². The lowest BCUT2D eigenvalue weighted by Gasteiger charge is -2.45. The van der Waals surface area contributed by atoms with Crippen molar-refractivity contribution in [3.63, 3.8) is 0 Å². The van der Waals surface area contributed by atoms with Gasteiger partial charge < -0.3 is 25.8 Å². The number of rotatable bonds is 8. The summed E-state index contributed by atoms with van der Waals surface area (Å²) in [6, 6.07) is 5.75. The average Bonchev–Trinajstić information content (AvgIpc) is 2.75. The van der Waals surface area contributed by atoms with Gasteiger partial charge in [-0.05, 0) is 49.1 Å². The number of ether oxygens (including phenoxy) is 2. The number of primary amides is 1. The Morgan fingerprint density at radius 1 is 1.16 bits per heavy atom. The number of carbonyl (C=O) groups excluding carboxylic acids is 2. The molecule has 1 aromatic carbocycles. The van der Waals surface area contributed by atoms with Gasteiger partial charge in [0.05, 0.1) is 6.10 Å². The second-order valence-electron chi connectivity index (χ2n) is 9.35. The monoisotopic (exact) mass is 431 g/mol. The summed E-state index contributed by atoms with van der Waals surface area (Å²) in [6.45, 7) is 5.81. The van der Waals surface area contributed by atoms with E-state index in [-0.39, 0.29) is 29.4 Å². The van der Waals surface area contributed by atoms with Gasteiger partial charge in [0.2, 0.25) is 5.91 Å². The number of hydrogen-bond acceptors (Lipinski definition) is 5. The Balaban J connectivity index is 1.57. The van der Waals surface area contributed by atoms with Crippen LogP contribution in [0.2, 0.25) is 0 Å². The van der Waals surface area contributed by atoms with Crippen LogP contribution in [-0.2, 0) is 21.4 Å². The van der Waals surface area contributed by atoms with Gasteiger partial charge in [0, 0.05) is 37.5 Å². The molecular formula is C24H37N3O4. The van der Waals surface area contributed by atoms with E-state index < -0.39 is 6.09 Å². The highest BCUT2D eigenvalue weighted by atomic mass is 16.5. The highest BCUT2D eigenvalue weighted by molar-refractivity contribution is 5.78. The molecule has 4 N–H and O–H groups in total. The number of benzene rings is 1. The summed E-state index contributed by atoms with van der Waals surface area (Å²) in [7, 11) is 1.75. The Bertz CT molecular complexity index is 774. The third-order valence-corrected chi connectivity index (χ3v) is 6.86. The predicted molar refractivity (Wildman–Crippen MR) is 120 cm³/mol. The summed E-state index contributed by atoms with van der Waals surface area (Å²) in [6.07, 6.45) is 6.50. The Hall–Kier alpha value is -2.12. The smallest absolute Gasteiger partial charge is 0.409 e. The second kappa shape index (κ2) is 10.5. The zero-order chi connectivity index (χ0) is 22.4. The summed E-state index contributed by atoms with van der Waals surface area (Å²) in [5.41, 5.74) is 7.25. The highest BCUT2D eigenvalue weighted by Gasteiger charge is 2.42. The number of hydrogen-bond donors (Lipinski definition) is 3. The molecule has 2 amide bonds. The van der Waals surface area contributed by atoms with Crippen molar-refractivity contribution < 1.29 is 19.1 Å². The zero-order valence-electron chi connectivity index (χ0n) is 19.0. The van der Waals surface area contributed by atoms with Crippen molar-refractivity contribution in [3.8, 4) is 5.75 Å². The first-order valence-electron chi connectivity index (χ1n) is 11.5. The zero-order valence-corrected chi connectivity index (χ0v) is 19.0. The maximum Gasteiger partial charge on any atom is 0.409 e. The molecule has 7 heteroatoms. The van der Waals surface area contributed by atoms with Crippen molar-refractivity contribution in [2.24, 2.45) is 11.7 Å². The van der Waals surface area contributed by atoms with Crippen molar-refractivity contribution in [1.82, 2.24) is 10.6 Å². The van der Waals surface area contributed by atoms with E-state index in [0.717, 1.165) is 37.8 Å². The van der Waals surface area contributed by atoms with Crippen LogP contribution in [0.5, 0.6) is 5.75 Å². The summed E-state index contributed by atoms with van der Waals surface area (Å²) < 4.78 is 10.9. The van der Waals surface area contributed by atoms with Crippen LogP contribution < -0.4 is 21.1 Å². The van der Waals surface area contributed by atoms with E-state index in [2.05, 4.69) is 24.5 Å². The van der Waals surface area contributed by atoms with E-state index in [1.807, 2.05) is 12.1 Å². The van der Waals surface area contributed by atoms with Crippen molar-refractivity contribution in [1.29, 1.82) is 0 Å². The van der Waals surface area contributed by atoms with Crippen LogP contribution in [0.25, 0.3) is 0 Å². The molecule has 7 nitrogen and oxygen atoms in total. The highest BCUT2D eigenvalue weighted by Crippen LogP contribution is 2.40. The maximum absolute atomic E-state index is 12.3. The Labute approximate surface area is 185 Å². The average molecular weight is 432 g/mol. The molecule has 0 spiro atoms. The van der Waals surface area contributed by atoms with Gasteiger partial charge in [0.1, 0.15) is 5.75 Å². The molecule has 2 atom stereocenters. The number of amides is 2. The van der Waals surface area contributed by atoms with Gasteiger partial charge in [-0.15, -0.1) is 0 Å². The molecule has 1 fully saturated rings. The molecule has 0 heterocycles. The molecule has 0 aromatic heterocycles. The van der Waals surface area contributed by atoms with Crippen LogP contribution in [0.4, 0.5) is 4.79 Å². The molecule has 1 aromatic rings. The second-order valence-corrected chi connectivity index (χ2v) is 9.35. The maximum atomic E-state index is 12.3. The van der Waals surface area contributed by atoms with Gasteiger partial charge in [-0.25, -0.2) is 4.79 Å². The molecule has 2 aliphatic rings. The van der Waals surface area contributed by atoms with Gasteiger partial charge in [0.25, 0.3) is 0 Å². The Kier molecular flexibility index (Phi) is 7.94. The summed E-state index contributed by atoms with van der Waals surface area (Å²) in [5.74, 6) is 0.868. The largest absolute Gasteiger partial charge is 0.410 e. The fraction of sp³-hybridized carbons (Fsp3) is 0.667. The summed E-state index contributed by atoms with van der Waals surface area (Å²) >= 11 is 0. The quantitative estimate of drug-likeness (QED) is 0.549. The lowest BCUT2D eigenvalue weighted by molar-refractivity contribution is -0.125. The van der Waals surface area contributed by atoms with Crippen LogP contribution in [0.3, 0.4) is 0 Å². The van der Waals surface area contributed by atoms with Crippen LogP contribution in [0.1, 0.15) is 63.5 Å². The molecule has 0 aliphatic heterocycles. The fourth-order valence-corrected chi connectivity index (χ4v) is 5.15. The summed E-state index contributed by atoms with van der Waals surface area (Å²) in [4.78, 5) is 23.5. The van der Waals surface area contributed by atoms with E-state index in [0.29, 0.717) is 12.3 Å². The molecule has 2 aliphatic carbocycles. The van der Waals surface area contributed by atoms with E-state index in [9.17, 15) is 9.59 Å². The summed E-state index contributed by atoms with van der Waals surface area (Å²) in [5, 5.41) is 6.77. The number of carbonyl (C=O) groups is 2. The lowest BCUT2D eigenvalue weighted by Crippen LogP contribution is -2.57. The third kappa shape index (κ3) is 5.77. The van der Waals surface area contributed by atoms with Crippen LogP contribution >= 0.6 is 0 Å². The van der Waals surface area contributed by atoms with E-state index in [1.165, 1.54) is 24.8 Å². The standard InChI is InChI=1S/C24H37N3O4/c1-24(2)19-15-18(31-23(25)29)11-10-17(19)14-20(30-3)21(24)26-12-7-13-27-22(28)16-8-5-4-6-9-16/h10-11,15-16,20-21,26H,4-9,12-14H2,1-3H3,(H2,25,29)(H,27,28)/t20-,21+/m0/s1. The van der Waals surface area contributed by atoms with Gasteiger partial charge in [-0.2, -0.15) is 0 Å². The SMILES string of the molecule is CO[C@H]1Cc2ccc(OC(N)=O)cc2C(C)(C)[C@@H]1NCCCNC(=O)C1CCCCC1. The molecule has 3 rings (SSSR count). The fourth-order valence-electron chi connectivity index (χ4n) is 5.15. The lowest BCUT2D eigenvalue weighted by atomic mass is 9.68. The molecular weight excluding hydrogens is 394 g/mol. The number of fused-ring (bicyclic) bond motifs is 1. The van der Waals surface area contributed by atoms with Crippen molar-refractivity contribution in [2.45, 2.75) is 76.4 Å². The molecule has 0 bridgehead atoms. The van der Waals surface area contributed by atoms with E-state index in [1.54, 1.807) is 13.2 Å². The van der Waals surface area contributed by atoms with Gasteiger partial charge in [0.15, 0.2) is 0 Å². The predicted octanol–water partition coefficient (Wildman–Crippen LogP) is 3.04. The Morgan fingerprint density at radius 2 is 1.90 bits per heavy atom. The molecule has 0 saturated heterocycles. The number of methoxy groups -OCH3 is 1. The van der Waals surface area contributed by atoms with Crippen molar-refractivity contribution >= 4 is 12.0 Å². The van der Waals surface area contributed by atoms with Crippen molar-refractivity contribution in [2.75, 3.05) is 20.2 Å². The molecule has 172 valence electrons. The van der Waals surface area contributed by atoms with Crippen LogP contribution in [0, 0.1) is 5.92 Å². The van der Waals surface area contributed by atoms with E-state index in [4.69, 9.17) is 15.2 Å². The number of nitrogens with one attached hydrogen (secondary N) is 2. The topological polar surface area (TPSA) is 103 Å². The molecule has 0 unspecified atom stereocenters. The van der Waals surface area contributed by atoms with Crippen molar-refractivity contribution in [3.05, 3.63) is 29.3 Å². The first-order valence-corrected chi connectivity index (χ1v) is 11.5. The van der Waals surface area contributed by atoms with E-state index >= 15 is 0 Å². The number of nitrogens with two attached hydrogens (primary N) is 1. The first kappa shape index (κ1) is 23.5. The normalized spacial score (nSPS) is 23.1. The minimum absolute atomic E-state index is 0.0299. The minimum atomic E-state index is -0.812. The Morgan fingerprint density at radius 3 is 2.58 bits per heavy atom. The molecule has 1 saturated carbocycles. The minimum Gasteiger partial charge on any atom is -0.410 e. The van der Waals surface area contributed by atoms with Crippen LogP contribution in [0.15, 0.2) is 18.2 Å². The third-order valence-electron chi connectivity index (χ3n) is 6.86. The first-order chi connectivity index (χ1) is 14.8. The van der Waals surface area contributed by atoms with Gasteiger partial charge >= 0.3 is 6.09 Å². The molecule has 31 heavy (non-hydrogen) atoms. The van der Waals surface area contributed by atoms with Crippen LogP contribution in [-0.4, -0.2) is 44.3 Å². The molecule has 0 radical (unpaired) electrons.